The number of hydrogen-bond acceptors (Lipinski definition) is 6. The Kier molecular flexibility index (Phi) is 69.1. The van der Waals surface area contributed by atoms with Crippen molar-refractivity contribution in [1.29, 1.82) is 0 Å². The average molecular weight is 1160 g/mol. The van der Waals surface area contributed by atoms with Crippen LogP contribution in [0.3, 0.4) is 0 Å². The number of allylic oxidation sites excluding steroid dienone is 10. The van der Waals surface area contributed by atoms with Gasteiger partial charge in [-0.15, -0.1) is 0 Å². The third-order valence-electron chi connectivity index (χ3n) is 16.5. The molecule has 1 atom stereocenters. The fourth-order valence-corrected chi connectivity index (χ4v) is 11.0. The van der Waals surface area contributed by atoms with Crippen LogP contribution in [-0.2, 0) is 28.6 Å². The van der Waals surface area contributed by atoms with E-state index >= 15 is 0 Å². The quantitative estimate of drug-likeness (QED) is 0.0261. The van der Waals surface area contributed by atoms with Crippen molar-refractivity contribution in [1.82, 2.24) is 0 Å². The summed E-state index contributed by atoms with van der Waals surface area (Å²) in [6, 6.07) is 0. The van der Waals surface area contributed by atoms with Crippen molar-refractivity contribution < 1.29 is 28.6 Å². The fraction of sp³-hybridized carbons (Fsp3) is 0.831. The summed E-state index contributed by atoms with van der Waals surface area (Å²) < 4.78 is 17.0. The Bertz CT molecular complexity index is 1470. The number of esters is 3. The van der Waals surface area contributed by atoms with Crippen LogP contribution in [-0.4, -0.2) is 37.2 Å². The molecule has 484 valence electrons. The van der Waals surface area contributed by atoms with Crippen molar-refractivity contribution in [3.8, 4) is 0 Å². The monoisotopic (exact) mass is 1160 g/mol. The number of rotatable bonds is 68. The summed E-state index contributed by atoms with van der Waals surface area (Å²) in [7, 11) is 0. The predicted octanol–water partition coefficient (Wildman–Crippen LogP) is 25.5. The van der Waals surface area contributed by atoms with E-state index in [1.165, 1.54) is 257 Å². The van der Waals surface area contributed by atoms with Crippen LogP contribution in [0.15, 0.2) is 60.8 Å². The molecule has 0 bridgehead atoms. The highest BCUT2D eigenvalue weighted by Gasteiger charge is 2.19. The van der Waals surface area contributed by atoms with Gasteiger partial charge in [0, 0.05) is 19.3 Å². The van der Waals surface area contributed by atoms with Gasteiger partial charge in [0.1, 0.15) is 13.2 Å². The van der Waals surface area contributed by atoms with Gasteiger partial charge >= 0.3 is 17.9 Å². The molecule has 0 aromatic carbocycles. The van der Waals surface area contributed by atoms with E-state index in [2.05, 4.69) is 81.5 Å². The van der Waals surface area contributed by atoms with E-state index in [0.29, 0.717) is 19.3 Å². The lowest BCUT2D eigenvalue weighted by Gasteiger charge is -2.18. The molecule has 6 heteroatoms. The lowest BCUT2D eigenvalue weighted by molar-refractivity contribution is -0.167. The molecular formula is C77H140O6. The van der Waals surface area contributed by atoms with Crippen molar-refractivity contribution >= 4 is 17.9 Å². The third kappa shape index (κ3) is 69.8. The Hall–Kier alpha value is -2.89. The zero-order valence-corrected chi connectivity index (χ0v) is 55.7. The highest BCUT2D eigenvalue weighted by atomic mass is 16.6. The molecule has 1 unspecified atom stereocenters. The molecule has 0 saturated carbocycles. The van der Waals surface area contributed by atoms with Crippen LogP contribution < -0.4 is 0 Å². The molecule has 0 aliphatic heterocycles. The Morgan fingerprint density at radius 3 is 0.747 bits per heavy atom. The predicted molar refractivity (Wildman–Crippen MR) is 362 cm³/mol. The molecular weight excluding hydrogens is 1020 g/mol. The molecule has 0 radical (unpaired) electrons. The van der Waals surface area contributed by atoms with Crippen molar-refractivity contribution in [3.05, 3.63) is 60.8 Å². The van der Waals surface area contributed by atoms with E-state index in [4.69, 9.17) is 14.2 Å². The maximum atomic E-state index is 12.9. The minimum absolute atomic E-state index is 0.0752. The SMILES string of the molecule is CC/C=C\C/C=C\C/C=C\C/C=C\CCCCCCCCC(=O)OC(COC(=O)CCCCCCCCCCCCCCC)COC(=O)CCCCCCCCCCCCCCCCCCCCCCC/C=C\CCCCCCCCCC. The molecule has 0 rings (SSSR count). The first kappa shape index (κ1) is 80.1. The van der Waals surface area contributed by atoms with Crippen LogP contribution in [0, 0.1) is 0 Å². The summed E-state index contributed by atoms with van der Waals surface area (Å²) in [4.78, 5) is 38.4. The normalized spacial score (nSPS) is 12.4. The van der Waals surface area contributed by atoms with Crippen molar-refractivity contribution in [2.75, 3.05) is 13.2 Å². The van der Waals surface area contributed by atoms with Crippen LogP contribution in [0.1, 0.15) is 393 Å². The molecule has 83 heavy (non-hydrogen) atoms. The lowest BCUT2D eigenvalue weighted by Crippen LogP contribution is -2.30. The highest BCUT2D eigenvalue weighted by molar-refractivity contribution is 5.71. The van der Waals surface area contributed by atoms with Crippen LogP contribution in [0.4, 0.5) is 0 Å². The van der Waals surface area contributed by atoms with Gasteiger partial charge in [0.25, 0.3) is 0 Å². The third-order valence-corrected chi connectivity index (χ3v) is 16.5. The molecule has 0 saturated heterocycles. The summed E-state index contributed by atoms with van der Waals surface area (Å²) >= 11 is 0. The summed E-state index contributed by atoms with van der Waals surface area (Å²) in [6.07, 6.45) is 92.7. The molecule has 0 heterocycles. The fourth-order valence-electron chi connectivity index (χ4n) is 11.0. The topological polar surface area (TPSA) is 78.9 Å². The van der Waals surface area contributed by atoms with Gasteiger partial charge in [0.05, 0.1) is 0 Å². The molecule has 0 aliphatic carbocycles. The van der Waals surface area contributed by atoms with Gasteiger partial charge in [-0.05, 0) is 83.5 Å². The Morgan fingerprint density at radius 1 is 0.253 bits per heavy atom. The van der Waals surface area contributed by atoms with Gasteiger partial charge in [-0.1, -0.05) is 351 Å². The van der Waals surface area contributed by atoms with E-state index in [0.717, 1.165) is 96.3 Å². The van der Waals surface area contributed by atoms with E-state index in [1.54, 1.807) is 0 Å². The highest BCUT2D eigenvalue weighted by Crippen LogP contribution is 2.19. The minimum atomic E-state index is -0.780. The second-order valence-electron chi connectivity index (χ2n) is 24.8. The summed E-state index contributed by atoms with van der Waals surface area (Å²) in [5, 5.41) is 0. The minimum Gasteiger partial charge on any atom is -0.462 e. The zero-order valence-electron chi connectivity index (χ0n) is 55.7. The molecule has 0 spiro atoms. The van der Waals surface area contributed by atoms with Crippen molar-refractivity contribution in [2.24, 2.45) is 0 Å². The molecule has 0 amide bonds. The van der Waals surface area contributed by atoms with Gasteiger partial charge < -0.3 is 14.2 Å². The molecule has 0 aromatic heterocycles. The number of ether oxygens (including phenoxy) is 3. The second-order valence-corrected chi connectivity index (χ2v) is 24.8. The number of unbranched alkanes of at least 4 members (excludes halogenated alkanes) is 47. The summed E-state index contributed by atoms with van der Waals surface area (Å²) in [5.41, 5.74) is 0. The molecule has 0 aromatic rings. The first-order valence-electron chi connectivity index (χ1n) is 36.8. The zero-order chi connectivity index (χ0) is 59.9. The van der Waals surface area contributed by atoms with Gasteiger partial charge in [-0.25, -0.2) is 0 Å². The van der Waals surface area contributed by atoms with E-state index < -0.39 is 6.10 Å². The van der Waals surface area contributed by atoms with E-state index in [9.17, 15) is 14.4 Å². The maximum absolute atomic E-state index is 12.9. The largest absolute Gasteiger partial charge is 0.462 e. The standard InChI is InChI=1S/C77H140O6/c1-4-7-10-13-16-19-22-25-27-29-31-32-33-34-35-36-37-38-39-40-41-42-43-44-46-47-49-52-55-58-61-64-67-70-76(79)82-73-74(72-81-75(78)69-66-63-60-57-54-51-24-21-18-15-12-9-6-3)83-77(80)71-68-65-62-59-56-53-50-48-45-30-28-26-23-20-17-14-11-8-5-2/h8,11,17,20,26,28-29,31,45,48,74H,4-7,9-10,12-16,18-19,21-25,27,30,32-44,46-47,49-73H2,1-3H3/b11-8-,20-17-,28-26-,31-29-,48-45-. The Morgan fingerprint density at radius 2 is 0.470 bits per heavy atom. The first-order valence-corrected chi connectivity index (χ1v) is 36.8. The van der Waals surface area contributed by atoms with Crippen LogP contribution in [0.25, 0.3) is 0 Å². The van der Waals surface area contributed by atoms with Gasteiger partial charge in [-0.2, -0.15) is 0 Å². The van der Waals surface area contributed by atoms with E-state index in [1.807, 2.05) is 0 Å². The Labute approximate surface area is 517 Å². The number of carbonyl (C=O) groups excluding carboxylic acids is 3. The Balaban J connectivity index is 4.14. The smallest absolute Gasteiger partial charge is 0.306 e. The van der Waals surface area contributed by atoms with Gasteiger partial charge in [0.15, 0.2) is 6.10 Å². The van der Waals surface area contributed by atoms with Crippen LogP contribution in [0.2, 0.25) is 0 Å². The maximum Gasteiger partial charge on any atom is 0.306 e. The van der Waals surface area contributed by atoms with Gasteiger partial charge in [0.2, 0.25) is 0 Å². The van der Waals surface area contributed by atoms with Gasteiger partial charge in [-0.3, -0.25) is 14.4 Å². The molecule has 0 aliphatic rings. The second kappa shape index (κ2) is 71.6. The molecule has 6 nitrogen and oxygen atoms in total. The van der Waals surface area contributed by atoms with Crippen molar-refractivity contribution in [2.45, 2.75) is 399 Å². The van der Waals surface area contributed by atoms with Crippen LogP contribution in [0.5, 0.6) is 0 Å². The first-order chi connectivity index (χ1) is 41.0. The summed E-state index contributed by atoms with van der Waals surface area (Å²) in [5.74, 6) is -0.864. The summed E-state index contributed by atoms with van der Waals surface area (Å²) in [6.45, 7) is 6.58. The lowest BCUT2D eigenvalue weighted by atomic mass is 10.0. The van der Waals surface area contributed by atoms with Crippen LogP contribution >= 0.6 is 0 Å². The number of carbonyl (C=O) groups is 3. The molecule has 0 fully saturated rings. The molecule has 0 N–H and O–H groups in total. The number of hydrogen-bond donors (Lipinski definition) is 0. The van der Waals surface area contributed by atoms with Crippen molar-refractivity contribution in [3.63, 3.8) is 0 Å². The average Bonchev–Trinajstić information content (AvgIpc) is 3.49. The van der Waals surface area contributed by atoms with E-state index in [-0.39, 0.29) is 31.1 Å².